The van der Waals surface area contributed by atoms with Crippen LogP contribution in [0, 0.1) is 11.8 Å². The molecule has 0 unspecified atom stereocenters. The predicted molar refractivity (Wildman–Crippen MR) is 149 cm³/mol. The number of aromatic nitrogens is 1. The number of hydrogen-bond acceptors (Lipinski definition) is 10. The second-order valence-corrected chi connectivity index (χ2v) is 10.3. The number of benzene rings is 1. The van der Waals surface area contributed by atoms with Gasteiger partial charge in [0.1, 0.15) is 24.1 Å². The Morgan fingerprint density at radius 3 is 2.49 bits per heavy atom. The van der Waals surface area contributed by atoms with E-state index in [0.717, 1.165) is 7.11 Å². The van der Waals surface area contributed by atoms with Crippen LogP contribution in [0.15, 0.2) is 24.3 Å². The maximum atomic E-state index is 13.5. The topological polar surface area (TPSA) is 203 Å². The number of ketones is 1. The normalized spacial score (nSPS) is 16.1. The number of likely N-dealkylation sites (tertiary alicyclic amines) is 1. The van der Waals surface area contributed by atoms with Gasteiger partial charge in [0, 0.05) is 23.4 Å². The molecule has 0 spiro atoms. The molecule has 0 bridgehead atoms. The number of hydrogen-bond donors (Lipinski definition) is 4. The summed E-state index contributed by atoms with van der Waals surface area (Å²) in [6, 6.07) is 4.57. The van der Waals surface area contributed by atoms with Crippen LogP contribution < -0.4 is 15.4 Å². The second kappa shape index (κ2) is 15.0. The molecule has 3 atom stereocenters. The summed E-state index contributed by atoms with van der Waals surface area (Å²) >= 11 is 0. The molecule has 1 aliphatic heterocycles. The van der Waals surface area contributed by atoms with Crippen molar-refractivity contribution in [2.45, 2.75) is 45.2 Å². The molecule has 1 aliphatic rings. The SMILES string of the molecule is COC(=O)OCOCC(=O)[C@H](C[C@@H]1CCN(C(=O)O)C1=O)NC(=O)[C@H](CC(C)C)NC(=O)c1cc2c(OC)cccc2[nH]1. The number of nitrogens with zero attached hydrogens (tertiary/aromatic N) is 1. The first-order valence-electron chi connectivity index (χ1n) is 13.6. The zero-order valence-electron chi connectivity index (χ0n) is 24.3. The van der Waals surface area contributed by atoms with Gasteiger partial charge in [0.25, 0.3) is 5.91 Å². The van der Waals surface area contributed by atoms with E-state index in [-0.39, 0.29) is 37.4 Å². The van der Waals surface area contributed by atoms with Crippen LogP contribution in [-0.4, -0.2) is 97.0 Å². The Labute approximate surface area is 247 Å². The van der Waals surface area contributed by atoms with E-state index < -0.39 is 67.2 Å². The molecular weight excluding hydrogens is 568 g/mol. The Morgan fingerprint density at radius 1 is 1.12 bits per heavy atom. The average molecular weight is 605 g/mol. The van der Waals surface area contributed by atoms with E-state index in [1.54, 1.807) is 24.3 Å². The fourth-order valence-electron chi connectivity index (χ4n) is 4.73. The van der Waals surface area contributed by atoms with Gasteiger partial charge in [-0.3, -0.25) is 19.2 Å². The highest BCUT2D eigenvalue weighted by atomic mass is 16.8. The Morgan fingerprint density at radius 2 is 1.86 bits per heavy atom. The van der Waals surface area contributed by atoms with Crippen LogP contribution in [0.5, 0.6) is 5.75 Å². The number of carbonyl (C=O) groups is 6. The highest BCUT2D eigenvalue weighted by Gasteiger charge is 2.39. The van der Waals surface area contributed by atoms with Gasteiger partial charge in [-0.1, -0.05) is 19.9 Å². The summed E-state index contributed by atoms with van der Waals surface area (Å²) in [4.78, 5) is 78.5. The Kier molecular flexibility index (Phi) is 11.5. The van der Waals surface area contributed by atoms with E-state index in [1.807, 2.05) is 13.8 Å². The molecule has 1 fully saturated rings. The molecule has 1 aromatic carbocycles. The lowest BCUT2D eigenvalue weighted by molar-refractivity contribution is -0.135. The van der Waals surface area contributed by atoms with Crippen molar-refractivity contribution in [2.24, 2.45) is 11.8 Å². The quantitative estimate of drug-likeness (QED) is 0.140. The van der Waals surface area contributed by atoms with Crippen molar-refractivity contribution in [3.8, 4) is 5.75 Å². The van der Waals surface area contributed by atoms with Gasteiger partial charge < -0.3 is 39.7 Å². The zero-order chi connectivity index (χ0) is 31.7. The molecule has 234 valence electrons. The molecule has 4 N–H and O–H groups in total. The number of amides is 4. The van der Waals surface area contributed by atoms with Crippen molar-refractivity contribution in [1.29, 1.82) is 0 Å². The lowest BCUT2D eigenvalue weighted by Crippen LogP contribution is -2.53. The minimum atomic E-state index is -1.41. The van der Waals surface area contributed by atoms with Crippen LogP contribution in [0.2, 0.25) is 0 Å². The lowest BCUT2D eigenvalue weighted by Gasteiger charge is -2.25. The number of methoxy groups -OCH3 is 2. The lowest BCUT2D eigenvalue weighted by atomic mass is 9.95. The molecule has 0 aliphatic carbocycles. The zero-order valence-corrected chi connectivity index (χ0v) is 24.3. The minimum absolute atomic E-state index is 0.0349. The molecule has 15 nitrogen and oxygen atoms in total. The standard InChI is InChI=1S/C28H36N4O11/c1-15(2)10-20(31-25(35)21-12-17-18(29-21)6-5-7-23(17)40-3)24(34)30-19(22(33)13-42-14-43-28(39)41-4)11-16-8-9-32(26(16)36)27(37)38/h5-7,12,15-16,19-20,29H,8-11,13-14H2,1-4H3,(H,30,34)(H,31,35)(H,37,38)/t16-,19-,20-/m0/s1. The summed E-state index contributed by atoms with van der Waals surface area (Å²) in [6.07, 6.45) is -2.24. The van der Waals surface area contributed by atoms with Crippen LogP contribution in [0.1, 0.15) is 43.6 Å². The molecule has 0 saturated carbocycles. The summed E-state index contributed by atoms with van der Waals surface area (Å²) in [5.74, 6) is -2.90. The van der Waals surface area contributed by atoms with E-state index in [1.165, 1.54) is 7.11 Å². The van der Waals surface area contributed by atoms with Gasteiger partial charge in [0.05, 0.1) is 20.3 Å². The van der Waals surface area contributed by atoms with Gasteiger partial charge >= 0.3 is 12.2 Å². The highest BCUT2D eigenvalue weighted by Crippen LogP contribution is 2.26. The van der Waals surface area contributed by atoms with Crippen LogP contribution in [0.3, 0.4) is 0 Å². The summed E-state index contributed by atoms with van der Waals surface area (Å²) in [7, 11) is 2.61. The maximum absolute atomic E-state index is 13.5. The van der Waals surface area contributed by atoms with Crippen LogP contribution in [-0.2, 0) is 28.6 Å². The number of nitrogens with one attached hydrogen (secondary N) is 3. The van der Waals surface area contributed by atoms with Crippen molar-refractivity contribution in [3.05, 3.63) is 30.0 Å². The summed E-state index contributed by atoms with van der Waals surface area (Å²) < 4.78 is 19.3. The minimum Gasteiger partial charge on any atom is -0.496 e. The largest absolute Gasteiger partial charge is 0.510 e. The molecule has 43 heavy (non-hydrogen) atoms. The van der Waals surface area contributed by atoms with Gasteiger partial charge in [-0.15, -0.1) is 0 Å². The Bertz CT molecular complexity index is 1360. The van der Waals surface area contributed by atoms with Crippen LogP contribution >= 0.6 is 0 Å². The van der Waals surface area contributed by atoms with Crippen molar-refractivity contribution >= 4 is 46.7 Å². The number of aromatic amines is 1. The fraction of sp³-hybridized carbons (Fsp3) is 0.500. The van der Waals surface area contributed by atoms with Gasteiger partial charge in [-0.2, -0.15) is 0 Å². The van der Waals surface area contributed by atoms with E-state index >= 15 is 0 Å². The molecule has 1 aromatic heterocycles. The first-order valence-corrected chi connectivity index (χ1v) is 13.6. The third-order valence-corrected chi connectivity index (χ3v) is 6.86. The van der Waals surface area contributed by atoms with Crippen LogP contribution in [0.25, 0.3) is 10.9 Å². The van der Waals surface area contributed by atoms with E-state index in [0.29, 0.717) is 21.6 Å². The number of imide groups is 1. The fourth-order valence-corrected chi connectivity index (χ4v) is 4.73. The smallest absolute Gasteiger partial charge is 0.496 e. The van der Waals surface area contributed by atoms with Crippen molar-refractivity contribution < 1.29 is 52.8 Å². The number of fused-ring (bicyclic) bond motifs is 1. The first-order chi connectivity index (χ1) is 20.4. The van der Waals surface area contributed by atoms with Gasteiger partial charge in [0.15, 0.2) is 12.6 Å². The molecule has 0 radical (unpaired) electrons. The van der Waals surface area contributed by atoms with Gasteiger partial charge in [-0.25, -0.2) is 14.5 Å². The average Bonchev–Trinajstić information content (AvgIpc) is 3.57. The molecule has 2 heterocycles. The van der Waals surface area contributed by atoms with E-state index in [9.17, 15) is 33.9 Å². The number of ether oxygens (including phenoxy) is 4. The molecular formula is C28H36N4O11. The Hall–Kier alpha value is -4.66. The van der Waals surface area contributed by atoms with Crippen molar-refractivity contribution in [2.75, 3.05) is 34.2 Å². The van der Waals surface area contributed by atoms with E-state index in [4.69, 9.17) is 9.47 Å². The third-order valence-electron chi connectivity index (χ3n) is 6.86. The molecule has 1 saturated heterocycles. The van der Waals surface area contributed by atoms with Crippen molar-refractivity contribution in [1.82, 2.24) is 20.5 Å². The highest BCUT2D eigenvalue weighted by molar-refractivity contribution is 6.02. The number of rotatable bonds is 14. The molecule has 4 amide bonds. The maximum Gasteiger partial charge on any atom is 0.510 e. The number of carbonyl (C=O) groups excluding carboxylic acids is 5. The summed E-state index contributed by atoms with van der Waals surface area (Å²) in [5, 5.41) is 15.3. The monoisotopic (exact) mass is 604 g/mol. The second-order valence-electron chi connectivity index (χ2n) is 10.3. The van der Waals surface area contributed by atoms with E-state index in [2.05, 4.69) is 25.1 Å². The number of H-pyrrole nitrogens is 1. The molecule has 3 rings (SSSR count). The third kappa shape index (κ3) is 8.67. The summed E-state index contributed by atoms with van der Waals surface area (Å²) in [6.45, 7) is 2.48. The first kappa shape index (κ1) is 32.8. The number of carboxylic acid groups (broad SMARTS) is 1. The van der Waals surface area contributed by atoms with Crippen LogP contribution in [0.4, 0.5) is 9.59 Å². The van der Waals surface area contributed by atoms with Gasteiger partial charge in [0.2, 0.25) is 11.8 Å². The summed E-state index contributed by atoms with van der Waals surface area (Å²) in [5.41, 5.74) is 0.853. The predicted octanol–water partition coefficient (Wildman–Crippen LogP) is 2.05. The molecule has 15 heteroatoms. The Balaban J connectivity index is 1.76. The van der Waals surface area contributed by atoms with Gasteiger partial charge in [-0.05, 0) is 43.4 Å². The number of Topliss-reactive ketones (excluding diaryl/α,β-unsaturated/α-hetero) is 1. The van der Waals surface area contributed by atoms with Crippen molar-refractivity contribution in [3.63, 3.8) is 0 Å². The molecule has 2 aromatic rings.